The van der Waals surface area contributed by atoms with E-state index in [9.17, 15) is 8.42 Å². The molecule has 2 heterocycles. The Morgan fingerprint density at radius 1 is 1.19 bits per heavy atom. The van der Waals surface area contributed by atoms with Crippen LogP contribution < -0.4 is 11.5 Å². The monoisotopic (exact) mass is 517 g/mol. The Morgan fingerprint density at radius 2 is 1.88 bits per heavy atom. The Hall–Kier alpha value is -1.69. The number of aromatic nitrogens is 1. The summed E-state index contributed by atoms with van der Waals surface area (Å²) in [5, 5.41) is 8.34. The van der Waals surface area contributed by atoms with E-state index < -0.39 is 10.0 Å². The van der Waals surface area contributed by atoms with Crippen LogP contribution in [0, 0.1) is 0 Å². The number of nitrogens with zero attached hydrogens (tertiary/aromatic N) is 3. The van der Waals surface area contributed by atoms with Crippen LogP contribution in [0.3, 0.4) is 0 Å². The fourth-order valence-corrected chi connectivity index (χ4v) is 6.65. The molecule has 0 aliphatic heterocycles. The van der Waals surface area contributed by atoms with Crippen molar-refractivity contribution in [2.45, 2.75) is 11.1 Å². The van der Waals surface area contributed by atoms with Gasteiger partial charge in [0.1, 0.15) is 4.21 Å². The lowest BCUT2D eigenvalue weighted by molar-refractivity contribution is 0.591. The minimum absolute atomic E-state index is 0.172. The molecule has 11 heteroatoms. The molecule has 0 aliphatic carbocycles. The number of rotatable bonds is 4. The molecule has 2 aromatic heterocycles. The first-order valence-electron chi connectivity index (χ1n) is 7.16. The predicted molar refractivity (Wildman–Crippen MR) is 112 cm³/mol. The summed E-state index contributed by atoms with van der Waals surface area (Å²) in [4.78, 5) is 0. The molecule has 0 saturated carbocycles. The van der Waals surface area contributed by atoms with Crippen LogP contribution >= 0.6 is 43.2 Å². The van der Waals surface area contributed by atoms with E-state index >= 15 is 0 Å². The molecule has 1 aromatic carbocycles. The number of thiophene rings is 1. The Labute approximate surface area is 170 Å². The molecule has 0 unspecified atom stereocenters. The number of guanidine groups is 1. The summed E-state index contributed by atoms with van der Waals surface area (Å²) in [7, 11) is -3.78. The van der Waals surface area contributed by atoms with Crippen LogP contribution in [0.5, 0.6) is 0 Å². The molecule has 7 nitrogen and oxygen atoms in total. The number of nitrogens with two attached hydrogens (primary N) is 2. The second kappa shape index (κ2) is 7.14. The van der Waals surface area contributed by atoms with E-state index in [1.165, 1.54) is 10.2 Å². The molecule has 0 spiro atoms. The second-order valence-electron chi connectivity index (χ2n) is 5.26. The van der Waals surface area contributed by atoms with Crippen molar-refractivity contribution in [1.82, 2.24) is 3.97 Å². The van der Waals surface area contributed by atoms with Crippen molar-refractivity contribution in [2.24, 2.45) is 21.7 Å². The highest BCUT2D eigenvalue weighted by molar-refractivity contribution is 9.13. The van der Waals surface area contributed by atoms with E-state index in [4.69, 9.17) is 11.5 Å². The van der Waals surface area contributed by atoms with Gasteiger partial charge < -0.3 is 11.5 Å². The van der Waals surface area contributed by atoms with Gasteiger partial charge in [0.2, 0.25) is 5.96 Å². The third-order valence-corrected chi connectivity index (χ3v) is 8.90. The average molecular weight is 519 g/mol. The van der Waals surface area contributed by atoms with E-state index in [0.29, 0.717) is 25.1 Å². The summed E-state index contributed by atoms with van der Waals surface area (Å²) in [5.41, 5.74) is 12.3. The molecule has 26 heavy (non-hydrogen) atoms. The summed E-state index contributed by atoms with van der Waals surface area (Å²) < 4.78 is 29.1. The zero-order chi connectivity index (χ0) is 19.1. The zero-order valence-electron chi connectivity index (χ0n) is 13.3. The maximum atomic E-state index is 13.1. The number of hydrogen-bond donors (Lipinski definition) is 2. The number of hydrogen-bond acceptors (Lipinski definition) is 5. The van der Waals surface area contributed by atoms with Gasteiger partial charge in [0, 0.05) is 21.6 Å². The molecule has 0 fully saturated rings. The van der Waals surface area contributed by atoms with Crippen LogP contribution in [-0.4, -0.2) is 24.1 Å². The first kappa shape index (κ1) is 19.1. The van der Waals surface area contributed by atoms with Crippen molar-refractivity contribution in [3.05, 3.63) is 50.4 Å². The van der Waals surface area contributed by atoms with Crippen molar-refractivity contribution in [2.75, 3.05) is 0 Å². The Balaban J connectivity index is 2.25. The molecule has 136 valence electrons. The van der Waals surface area contributed by atoms with E-state index in [1.807, 2.05) is 12.1 Å². The van der Waals surface area contributed by atoms with Gasteiger partial charge in [-0.2, -0.15) is 13.5 Å². The highest BCUT2D eigenvalue weighted by Crippen LogP contribution is 2.37. The van der Waals surface area contributed by atoms with Crippen molar-refractivity contribution in [1.29, 1.82) is 0 Å². The first-order valence-corrected chi connectivity index (χ1v) is 11.0. The predicted octanol–water partition coefficient (Wildman–Crippen LogP) is 3.46. The van der Waals surface area contributed by atoms with E-state index in [1.54, 1.807) is 25.1 Å². The van der Waals surface area contributed by atoms with Gasteiger partial charge in [-0.25, -0.2) is 3.97 Å². The van der Waals surface area contributed by atoms with Gasteiger partial charge in [-0.1, -0.05) is 18.2 Å². The zero-order valence-corrected chi connectivity index (χ0v) is 18.2. The summed E-state index contributed by atoms with van der Waals surface area (Å²) >= 11 is 7.79. The maximum absolute atomic E-state index is 13.1. The van der Waals surface area contributed by atoms with Gasteiger partial charge in [-0.3, -0.25) is 0 Å². The maximum Gasteiger partial charge on any atom is 0.277 e. The Kier molecular flexibility index (Phi) is 5.24. The molecule has 0 aliphatic rings. The molecule has 3 rings (SSSR count). The van der Waals surface area contributed by atoms with E-state index in [2.05, 4.69) is 42.1 Å². The molecule has 0 radical (unpaired) electrons. The first-order chi connectivity index (χ1) is 12.2. The van der Waals surface area contributed by atoms with Crippen molar-refractivity contribution in [3.63, 3.8) is 0 Å². The topological polar surface area (TPSA) is 116 Å². The molecule has 0 bridgehead atoms. The van der Waals surface area contributed by atoms with Crippen molar-refractivity contribution in [3.8, 4) is 0 Å². The number of halogens is 2. The SMILES string of the molecule is C/C(=N/N=C(N)N)c1cn(S(=O)(=O)c2cc(Br)c(Br)s2)c2ccccc12. The highest BCUT2D eigenvalue weighted by Gasteiger charge is 2.24. The van der Waals surface area contributed by atoms with Crippen LogP contribution in [0.15, 0.2) is 59.2 Å². The number of para-hydroxylation sites is 1. The second-order valence-corrected chi connectivity index (χ2v) is 10.5. The molecule has 3 aromatic rings. The van der Waals surface area contributed by atoms with Gasteiger partial charge in [0.25, 0.3) is 10.0 Å². The smallest absolute Gasteiger partial charge is 0.277 e. The van der Waals surface area contributed by atoms with Gasteiger partial charge in [0.05, 0.1) is 15.0 Å². The Bertz CT molecular complexity index is 1140. The molecular formula is C15H13Br2N5O2S2. The van der Waals surface area contributed by atoms with Gasteiger partial charge in [-0.15, -0.1) is 16.4 Å². The lowest BCUT2D eigenvalue weighted by Crippen LogP contribution is -2.22. The lowest BCUT2D eigenvalue weighted by atomic mass is 10.1. The highest BCUT2D eigenvalue weighted by atomic mass is 79.9. The molecule has 0 amide bonds. The van der Waals surface area contributed by atoms with Crippen LogP contribution in [-0.2, 0) is 10.0 Å². The summed E-state index contributed by atoms with van der Waals surface area (Å²) in [6.07, 6.45) is 1.53. The molecule has 4 N–H and O–H groups in total. The van der Waals surface area contributed by atoms with Crippen LogP contribution in [0.4, 0.5) is 0 Å². The Morgan fingerprint density at radius 3 is 2.50 bits per heavy atom. The minimum atomic E-state index is -3.78. The van der Waals surface area contributed by atoms with Crippen molar-refractivity contribution < 1.29 is 8.42 Å². The lowest BCUT2D eigenvalue weighted by Gasteiger charge is -2.04. The van der Waals surface area contributed by atoms with Gasteiger partial charge in [0.15, 0.2) is 0 Å². The summed E-state index contributed by atoms with van der Waals surface area (Å²) in [6, 6.07) is 8.74. The van der Waals surface area contributed by atoms with Gasteiger partial charge >= 0.3 is 0 Å². The minimum Gasteiger partial charge on any atom is -0.369 e. The summed E-state index contributed by atoms with van der Waals surface area (Å²) in [6.45, 7) is 1.71. The van der Waals surface area contributed by atoms with E-state index in [0.717, 1.165) is 16.7 Å². The average Bonchev–Trinajstić information content (AvgIpc) is 3.14. The third-order valence-electron chi connectivity index (χ3n) is 3.52. The van der Waals surface area contributed by atoms with Gasteiger partial charge in [-0.05, 0) is 50.9 Å². The fourth-order valence-electron chi connectivity index (χ4n) is 2.37. The molecule has 0 saturated heterocycles. The van der Waals surface area contributed by atoms with Crippen LogP contribution in [0.25, 0.3) is 10.9 Å². The molecule has 0 atom stereocenters. The fraction of sp³-hybridized carbons (Fsp3) is 0.0667. The quantitative estimate of drug-likeness (QED) is 0.312. The number of benzene rings is 1. The van der Waals surface area contributed by atoms with Crippen LogP contribution in [0.1, 0.15) is 12.5 Å². The normalized spacial score (nSPS) is 12.5. The van der Waals surface area contributed by atoms with E-state index in [-0.39, 0.29) is 10.2 Å². The number of fused-ring (bicyclic) bond motifs is 1. The standard InChI is InChI=1S/C15H13Br2N5O2S2/c1-8(20-21-15(18)19)10-7-22(12-5-3-2-4-9(10)12)26(23,24)13-6-11(16)14(17)25-13/h2-7H,1H3,(H4,18,19,21)/b20-8-. The third kappa shape index (κ3) is 3.43. The summed E-state index contributed by atoms with van der Waals surface area (Å²) in [5.74, 6) is -0.172. The molecular weight excluding hydrogens is 506 g/mol. The largest absolute Gasteiger partial charge is 0.369 e. The van der Waals surface area contributed by atoms with Crippen molar-refractivity contribution >= 4 is 75.8 Å². The van der Waals surface area contributed by atoms with Crippen LogP contribution in [0.2, 0.25) is 0 Å².